The average Bonchev–Trinajstić information content (AvgIpc) is 2.95. The molecule has 3 N–H and O–H groups in total. The average molecular weight is 343 g/mol. The summed E-state index contributed by atoms with van der Waals surface area (Å²) in [6.07, 6.45) is -3.18. The van der Waals surface area contributed by atoms with Crippen LogP contribution < -0.4 is 11.1 Å². The fourth-order valence-electron chi connectivity index (χ4n) is 2.05. The lowest BCUT2D eigenvalue weighted by atomic mass is 10.1. The molecule has 1 amide bonds. The molecule has 8 heteroatoms. The van der Waals surface area contributed by atoms with Crippen molar-refractivity contribution in [2.24, 2.45) is 5.73 Å². The van der Waals surface area contributed by atoms with Gasteiger partial charge < -0.3 is 11.1 Å². The van der Waals surface area contributed by atoms with Crippen LogP contribution in [0.5, 0.6) is 0 Å². The highest BCUT2D eigenvalue weighted by atomic mass is 32.1. The van der Waals surface area contributed by atoms with Crippen molar-refractivity contribution in [3.8, 4) is 11.3 Å². The molecule has 1 aromatic heterocycles. The Morgan fingerprint density at radius 3 is 2.74 bits per heavy atom. The van der Waals surface area contributed by atoms with Gasteiger partial charge in [-0.25, -0.2) is 4.98 Å². The molecule has 2 rings (SSSR count). The molecule has 0 bridgehead atoms. The molecule has 1 aromatic carbocycles. The van der Waals surface area contributed by atoms with Crippen molar-refractivity contribution >= 4 is 22.4 Å². The Balaban J connectivity index is 2.22. The summed E-state index contributed by atoms with van der Waals surface area (Å²) in [5.74, 6) is -0.392. The molecule has 0 radical (unpaired) electrons. The van der Waals surface area contributed by atoms with Gasteiger partial charge in [-0.3, -0.25) is 4.79 Å². The van der Waals surface area contributed by atoms with Crippen molar-refractivity contribution in [2.75, 3.05) is 5.32 Å². The highest BCUT2D eigenvalue weighted by Gasteiger charge is 2.33. The Morgan fingerprint density at radius 1 is 1.39 bits per heavy atom. The molecule has 0 fully saturated rings. The number of carbonyl (C=O) groups is 1. The van der Waals surface area contributed by atoms with Gasteiger partial charge in [0, 0.05) is 10.9 Å². The molecule has 1 atom stereocenters. The summed E-state index contributed by atoms with van der Waals surface area (Å²) >= 11 is 1.06. The summed E-state index contributed by atoms with van der Waals surface area (Å²) in [6, 6.07) is 4.54. The van der Waals surface area contributed by atoms with Gasteiger partial charge in [0.05, 0.1) is 17.3 Å². The highest BCUT2D eigenvalue weighted by molar-refractivity contribution is 7.14. The second-order valence-electron chi connectivity index (χ2n) is 4.97. The quantitative estimate of drug-likeness (QED) is 0.865. The van der Waals surface area contributed by atoms with Gasteiger partial charge in [-0.05, 0) is 12.5 Å². The van der Waals surface area contributed by atoms with Crippen LogP contribution in [-0.2, 0) is 11.0 Å². The van der Waals surface area contributed by atoms with E-state index in [1.54, 1.807) is 0 Å². The predicted octanol–water partition coefficient (Wildman–Crippen LogP) is 3.89. The zero-order chi connectivity index (χ0) is 17.0. The predicted molar refractivity (Wildman–Crippen MR) is 84.1 cm³/mol. The lowest BCUT2D eigenvalue weighted by molar-refractivity contribution is -0.137. The fraction of sp³-hybridized carbons (Fsp3) is 0.333. The monoisotopic (exact) mass is 343 g/mol. The topological polar surface area (TPSA) is 68.0 Å². The number of carbonyl (C=O) groups excluding carboxylic acids is 1. The van der Waals surface area contributed by atoms with Crippen molar-refractivity contribution in [2.45, 2.75) is 32.0 Å². The van der Waals surface area contributed by atoms with Crippen molar-refractivity contribution < 1.29 is 18.0 Å². The van der Waals surface area contributed by atoms with Crippen LogP contribution in [0.2, 0.25) is 0 Å². The van der Waals surface area contributed by atoms with Gasteiger partial charge in [0.1, 0.15) is 0 Å². The molecule has 0 aliphatic rings. The van der Waals surface area contributed by atoms with E-state index in [4.69, 9.17) is 5.73 Å². The summed E-state index contributed by atoms with van der Waals surface area (Å²) < 4.78 is 39.1. The zero-order valence-corrected chi connectivity index (χ0v) is 13.2. The number of halogens is 3. The van der Waals surface area contributed by atoms with E-state index in [1.807, 2.05) is 6.92 Å². The number of benzene rings is 1. The lowest BCUT2D eigenvalue weighted by Crippen LogP contribution is -2.35. The van der Waals surface area contributed by atoms with Gasteiger partial charge >= 0.3 is 6.18 Å². The fourth-order valence-corrected chi connectivity index (χ4v) is 2.76. The van der Waals surface area contributed by atoms with Gasteiger partial charge in [0.2, 0.25) is 5.91 Å². The second kappa shape index (κ2) is 7.10. The first-order valence-electron chi connectivity index (χ1n) is 7.01. The Morgan fingerprint density at radius 2 is 2.09 bits per heavy atom. The Hall–Kier alpha value is -1.93. The highest BCUT2D eigenvalue weighted by Crippen LogP contribution is 2.37. The molecule has 0 spiro atoms. The second-order valence-corrected chi connectivity index (χ2v) is 5.82. The van der Waals surface area contributed by atoms with E-state index in [0.717, 1.165) is 23.8 Å². The number of hydrogen-bond donors (Lipinski definition) is 2. The van der Waals surface area contributed by atoms with Crippen LogP contribution in [0.4, 0.5) is 18.3 Å². The zero-order valence-electron chi connectivity index (χ0n) is 12.4. The van der Waals surface area contributed by atoms with Crippen molar-refractivity contribution in [1.29, 1.82) is 0 Å². The summed E-state index contributed by atoms with van der Waals surface area (Å²) in [4.78, 5) is 15.9. The van der Waals surface area contributed by atoms with Crippen LogP contribution in [-0.4, -0.2) is 16.9 Å². The normalized spacial score (nSPS) is 12.9. The third-order valence-electron chi connectivity index (χ3n) is 3.18. The van der Waals surface area contributed by atoms with Crippen molar-refractivity contribution in [1.82, 2.24) is 4.98 Å². The molecule has 1 heterocycles. The van der Waals surface area contributed by atoms with Gasteiger partial charge in [-0.15, -0.1) is 11.3 Å². The number of amides is 1. The number of hydrogen-bond acceptors (Lipinski definition) is 4. The van der Waals surface area contributed by atoms with Crippen LogP contribution in [0.1, 0.15) is 25.3 Å². The molecule has 124 valence electrons. The molecular weight excluding hydrogens is 327 g/mol. The molecular formula is C15H16F3N3OS. The lowest BCUT2D eigenvalue weighted by Gasteiger charge is -2.11. The smallest absolute Gasteiger partial charge is 0.320 e. The van der Waals surface area contributed by atoms with E-state index in [9.17, 15) is 18.0 Å². The minimum atomic E-state index is -4.47. The number of thiazole rings is 1. The van der Waals surface area contributed by atoms with Crippen LogP contribution >= 0.6 is 11.3 Å². The number of aromatic nitrogens is 1. The van der Waals surface area contributed by atoms with Gasteiger partial charge in [-0.2, -0.15) is 13.2 Å². The van der Waals surface area contributed by atoms with Gasteiger partial charge in [0.25, 0.3) is 0 Å². The van der Waals surface area contributed by atoms with E-state index >= 15 is 0 Å². The number of anilines is 1. The molecule has 23 heavy (non-hydrogen) atoms. The first-order valence-corrected chi connectivity index (χ1v) is 7.89. The van der Waals surface area contributed by atoms with Crippen molar-refractivity contribution in [3.05, 3.63) is 35.2 Å². The van der Waals surface area contributed by atoms with Crippen LogP contribution in [0, 0.1) is 0 Å². The molecule has 1 unspecified atom stereocenters. The van der Waals surface area contributed by atoms with Crippen LogP contribution in [0.3, 0.4) is 0 Å². The van der Waals surface area contributed by atoms with E-state index in [-0.39, 0.29) is 16.4 Å². The Kier molecular flexibility index (Phi) is 5.38. The first kappa shape index (κ1) is 17.4. The summed E-state index contributed by atoms with van der Waals surface area (Å²) in [7, 11) is 0. The molecule has 0 saturated carbocycles. The van der Waals surface area contributed by atoms with Crippen molar-refractivity contribution in [3.63, 3.8) is 0 Å². The number of nitrogens with one attached hydrogen (secondary N) is 1. The molecule has 0 saturated heterocycles. The summed E-state index contributed by atoms with van der Waals surface area (Å²) in [5.41, 5.74) is 5.08. The number of nitrogens with two attached hydrogens (primary N) is 1. The number of nitrogens with zero attached hydrogens (tertiary/aromatic N) is 1. The van der Waals surface area contributed by atoms with Gasteiger partial charge in [0.15, 0.2) is 5.13 Å². The van der Waals surface area contributed by atoms with Crippen LogP contribution in [0.15, 0.2) is 29.6 Å². The van der Waals surface area contributed by atoms with E-state index in [2.05, 4.69) is 10.3 Å². The van der Waals surface area contributed by atoms with E-state index < -0.39 is 23.7 Å². The minimum absolute atomic E-state index is 0.0189. The van der Waals surface area contributed by atoms with Crippen LogP contribution in [0.25, 0.3) is 11.3 Å². The SMILES string of the molecule is CCCC(N)C(=O)Nc1nc(-c2ccccc2C(F)(F)F)cs1. The molecule has 2 aromatic rings. The number of alkyl halides is 3. The van der Waals surface area contributed by atoms with E-state index in [1.165, 1.54) is 23.6 Å². The third-order valence-corrected chi connectivity index (χ3v) is 3.94. The summed E-state index contributed by atoms with van der Waals surface area (Å²) in [5, 5.41) is 4.24. The maximum atomic E-state index is 13.0. The Labute approximate surface area is 135 Å². The molecule has 0 aliphatic carbocycles. The largest absolute Gasteiger partial charge is 0.417 e. The van der Waals surface area contributed by atoms with E-state index in [0.29, 0.717) is 6.42 Å². The van der Waals surface area contributed by atoms with Gasteiger partial charge in [-0.1, -0.05) is 31.5 Å². The molecule has 0 aliphatic heterocycles. The maximum Gasteiger partial charge on any atom is 0.417 e. The minimum Gasteiger partial charge on any atom is -0.320 e. The molecule has 4 nitrogen and oxygen atoms in total. The Bertz CT molecular complexity index is 685. The number of rotatable bonds is 5. The first-order chi connectivity index (χ1) is 10.8. The summed E-state index contributed by atoms with van der Waals surface area (Å²) in [6.45, 7) is 1.91. The maximum absolute atomic E-state index is 13.0. The third kappa shape index (κ3) is 4.29. The standard InChI is InChI=1S/C15H16F3N3OS/c1-2-5-11(19)13(22)21-14-20-12(8-23-14)9-6-3-4-7-10(9)15(16,17)18/h3-4,6-8,11H,2,5,19H2,1H3,(H,20,21,22).